The fourth-order valence-corrected chi connectivity index (χ4v) is 3.35. The third-order valence-corrected chi connectivity index (χ3v) is 4.45. The van der Waals surface area contributed by atoms with Crippen LogP contribution in [-0.2, 0) is 12.8 Å². The van der Waals surface area contributed by atoms with Gasteiger partial charge < -0.3 is 5.11 Å². The fraction of sp³-hybridized carbons (Fsp3) is 0.125. The molecule has 0 spiro atoms. The number of hydrogen-bond acceptors (Lipinski definition) is 2. The van der Waals surface area contributed by atoms with E-state index in [2.05, 4.69) is 0 Å². The lowest BCUT2D eigenvalue weighted by Crippen LogP contribution is -2.05. The van der Waals surface area contributed by atoms with Crippen LogP contribution in [0.4, 0.5) is 13.2 Å². The minimum atomic E-state index is -4.39. The number of fused-ring (bicyclic) bond motifs is 1. The van der Waals surface area contributed by atoms with Crippen molar-refractivity contribution in [3.8, 4) is 10.4 Å². The van der Waals surface area contributed by atoms with Crippen molar-refractivity contribution in [3.63, 3.8) is 0 Å². The summed E-state index contributed by atoms with van der Waals surface area (Å²) >= 11 is 1.42. The summed E-state index contributed by atoms with van der Waals surface area (Å²) < 4.78 is 39.6. The molecular formula is C16H11F3OS. The highest BCUT2D eigenvalue weighted by Gasteiger charge is 2.31. The Kier molecular flexibility index (Phi) is 3.47. The molecule has 0 fully saturated rings. The van der Waals surface area contributed by atoms with Crippen LogP contribution < -0.4 is 0 Å². The van der Waals surface area contributed by atoms with E-state index >= 15 is 0 Å². The van der Waals surface area contributed by atoms with Gasteiger partial charge in [0, 0.05) is 9.58 Å². The smallest absolute Gasteiger partial charge is 0.392 e. The molecule has 0 saturated heterocycles. The highest BCUT2D eigenvalue weighted by Crippen LogP contribution is 2.38. The zero-order valence-corrected chi connectivity index (χ0v) is 11.6. The van der Waals surface area contributed by atoms with E-state index < -0.39 is 11.7 Å². The molecule has 5 heteroatoms. The van der Waals surface area contributed by atoms with Crippen LogP contribution in [0.2, 0.25) is 0 Å². The first-order valence-electron chi connectivity index (χ1n) is 6.29. The molecule has 0 aliphatic carbocycles. The second-order valence-electron chi connectivity index (χ2n) is 4.68. The Balaban J connectivity index is 2.19. The molecule has 1 N–H and O–H groups in total. The summed E-state index contributed by atoms with van der Waals surface area (Å²) in [6.07, 6.45) is -4.39. The summed E-state index contributed by atoms with van der Waals surface area (Å²) in [5.74, 6) is 0. The SMILES string of the molecule is OCc1ccc(C(F)(F)F)cc1-c1cc2ccccc2s1. The first-order valence-corrected chi connectivity index (χ1v) is 7.10. The van der Waals surface area contributed by atoms with Gasteiger partial charge in [-0.15, -0.1) is 11.3 Å². The van der Waals surface area contributed by atoms with Crippen molar-refractivity contribution in [2.75, 3.05) is 0 Å². The maximum atomic E-state index is 12.9. The first-order chi connectivity index (χ1) is 9.99. The van der Waals surface area contributed by atoms with Gasteiger partial charge in [0.15, 0.2) is 0 Å². The zero-order valence-electron chi connectivity index (χ0n) is 10.8. The molecule has 0 unspecified atom stereocenters. The quantitative estimate of drug-likeness (QED) is 0.700. The lowest BCUT2D eigenvalue weighted by molar-refractivity contribution is -0.137. The van der Waals surface area contributed by atoms with Gasteiger partial charge in [0.2, 0.25) is 0 Å². The number of aliphatic hydroxyl groups is 1. The third kappa shape index (κ3) is 2.66. The summed E-state index contributed by atoms with van der Waals surface area (Å²) in [4.78, 5) is 0.728. The predicted molar refractivity (Wildman–Crippen MR) is 78.2 cm³/mol. The maximum absolute atomic E-state index is 12.9. The van der Waals surface area contributed by atoms with Crippen LogP contribution in [0.5, 0.6) is 0 Å². The molecule has 0 aliphatic heterocycles. The molecule has 1 nitrogen and oxygen atoms in total. The number of rotatable bonds is 2. The van der Waals surface area contributed by atoms with Crippen LogP contribution in [0.25, 0.3) is 20.5 Å². The Morgan fingerprint density at radius 3 is 2.43 bits per heavy atom. The Morgan fingerprint density at radius 1 is 1.00 bits per heavy atom. The second-order valence-corrected chi connectivity index (χ2v) is 5.76. The molecule has 0 amide bonds. The molecule has 2 aromatic carbocycles. The molecule has 3 aromatic rings. The molecule has 0 saturated carbocycles. The van der Waals surface area contributed by atoms with Crippen molar-refractivity contribution >= 4 is 21.4 Å². The molecule has 0 bridgehead atoms. The Hall–Kier alpha value is -1.85. The molecule has 0 atom stereocenters. The van der Waals surface area contributed by atoms with Crippen molar-refractivity contribution in [2.45, 2.75) is 12.8 Å². The molecule has 0 radical (unpaired) electrons. The van der Waals surface area contributed by atoms with Gasteiger partial charge in [0.1, 0.15) is 0 Å². The average molecular weight is 308 g/mol. The van der Waals surface area contributed by atoms with Gasteiger partial charge in [-0.3, -0.25) is 0 Å². The van der Waals surface area contributed by atoms with Gasteiger partial charge in [-0.1, -0.05) is 24.3 Å². The normalized spacial score (nSPS) is 12.0. The van der Waals surface area contributed by atoms with E-state index in [0.717, 1.165) is 27.1 Å². The summed E-state index contributed by atoms with van der Waals surface area (Å²) in [6.45, 7) is -0.290. The van der Waals surface area contributed by atoms with E-state index in [-0.39, 0.29) is 6.61 Å². The Labute approximate surface area is 123 Å². The summed E-state index contributed by atoms with van der Waals surface area (Å²) in [5, 5.41) is 10.4. The van der Waals surface area contributed by atoms with E-state index in [1.54, 1.807) is 0 Å². The second kappa shape index (κ2) is 5.16. The summed E-state index contributed by atoms with van der Waals surface area (Å²) in [5.41, 5.74) is 0.232. The minimum absolute atomic E-state index is 0.290. The lowest BCUT2D eigenvalue weighted by Gasteiger charge is -2.11. The van der Waals surface area contributed by atoms with Gasteiger partial charge in [-0.25, -0.2) is 0 Å². The van der Waals surface area contributed by atoms with Crippen molar-refractivity contribution in [1.82, 2.24) is 0 Å². The number of hydrogen-bond donors (Lipinski definition) is 1. The lowest BCUT2D eigenvalue weighted by atomic mass is 10.0. The largest absolute Gasteiger partial charge is 0.416 e. The van der Waals surface area contributed by atoms with Crippen molar-refractivity contribution in [2.24, 2.45) is 0 Å². The highest BCUT2D eigenvalue weighted by molar-refractivity contribution is 7.22. The topological polar surface area (TPSA) is 20.2 Å². The molecule has 1 aromatic heterocycles. The number of halogens is 3. The fourth-order valence-electron chi connectivity index (χ4n) is 2.23. The molecule has 0 aliphatic rings. The highest BCUT2D eigenvalue weighted by atomic mass is 32.1. The van der Waals surface area contributed by atoms with Crippen molar-refractivity contribution < 1.29 is 18.3 Å². The molecule has 3 rings (SSSR count). The van der Waals surface area contributed by atoms with Crippen molar-refractivity contribution in [1.29, 1.82) is 0 Å². The van der Waals surface area contributed by atoms with Crippen LogP contribution >= 0.6 is 11.3 Å². The molecule has 1 heterocycles. The first kappa shape index (κ1) is 14.1. The van der Waals surface area contributed by atoms with Gasteiger partial charge in [0.05, 0.1) is 12.2 Å². The van der Waals surface area contributed by atoms with Gasteiger partial charge in [-0.2, -0.15) is 13.2 Å². The van der Waals surface area contributed by atoms with E-state index in [0.29, 0.717) is 11.1 Å². The molecule has 21 heavy (non-hydrogen) atoms. The van der Waals surface area contributed by atoms with Gasteiger partial charge in [-0.05, 0) is 40.8 Å². The van der Waals surface area contributed by atoms with Crippen LogP contribution in [0, 0.1) is 0 Å². The van der Waals surface area contributed by atoms with Crippen molar-refractivity contribution in [3.05, 3.63) is 59.7 Å². The third-order valence-electron chi connectivity index (χ3n) is 3.30. The van der Waals surface area contributed by atoms with Crippen LogP contribution in [0.3, 0.4) is 0 Å². The number of alkyl halides is 3. The predicted octanol–water partition coefficient (Wildman–Crippen LogP) is 5.08. The zero-order chi connectivity index (χ0) is 15.0. The Morgan fingerprint density at radius 2 is 1.76 bits per heavy atom. The Bertz CT molecular complexity index is 757. The summed E-state index contributed by atoms with van der Waals surface area (Å²) in [7, 11) is 0. The standard InChI is InChI=1S/C16H11F3OS/c17-16(18,19)12-6-5-11(9-20)13(8-12)15-7-10-3-1-2-4-14(10)21-15/h1-8,20H,9H2. The van der Waals surface area contributed by atoms with Crippen LogP contribution in [-0.4, -0.2) is 5.11 Å². The average Bonchev–Trinajstić information content (AvgIpc) is 2.89. The number of thiophene rings is 1. The molecular weight excluding hydrogens is 297 g/mol. The summed E-state index contributed by atoms with van der Waals surface area (Å²) in [6, 6.07) is 12.9. The van der Waals surface area contributed by atoms with E-state index in [9.17, 15) is 18.3 Å². The monoisotopic (exact) mass is 308 g/mol. The number of aliphatic hydroxyl groups excluding tert-OH is 1. The van der Waals surface area contributed by atoms with Gasteiger partial charge >= 0.3 is 6.18 Å². The van der Waals surface area contributed by atoms with E-state index in [1.165, 1.54) is 17.4 Å². The minimum Gasteiger partial charge on any atom is -0.392 e. The van der Waals surface area contributed by atoms with Crippen LogP contribution in [0.1, 0.15) is 11.1 Å². The van der Waals surface area contributed by atoms with E-state index in [1.807, 2.05) is 30.3 Å². The van der Waals surface area contributed by atoms with E-state index in [4.69, 9.17) is 0 Å². The van der Waals surface area contributed by atoms with Crippen LogP contribution in [0.15, 0.2) is 48.5 Å². The molecule has 108 valence electrons. The van der Waals surface area contributed by atoms with Gasteiger partial charge in [0.25, 0.3) is 0 Å². The number of benzene rings is 2. The maximum Gasteiger partial charge on any atom is 0.416 e.